The third kappa shape index (κ3) is 4.10. The SMILES string of the molecule is CC(=O)N1CCC(CCN[C@H](c2ccccc2)C2CC2)CC1. The third-order valence-corrected chi connectivity index (χ3v) is 5.23. The van der Waals surface area contributed by atoms with Gasteiger partial charge in [0, 0.05) is 26.1 Å². The van der Waals surface area contributed by atoms with E-state index in [1.54, 1.807) is 6.92 Å². The molecule has 0 bridgehead atoms. The van der Waals surface area contributed by atoms with E-state index in [0.717, 1.165) is 31.5 Å². The number of likely N-dealkylation sites (tertiary alicyclic amines) is 1. The summed E-state index contributed by atoms with van der Waals surface area (Å²) >= 11 is 0. The van der Waals surface area contributed by atoms with Crippen molar-refractivity contribution in [1.29, 1.82) is 0 Å². The van der Waals surface area contributed by atoms with Crippen LogP contribution in [0.5, 0.6) is 0 Å². The third-order valence-electron chi connectivity index (χ3n) is 5.23. The molecule has 2 aliphatic rings. The van der Waals surface area contributed by atoms with Gasteiger partial charge in [0.25, 0.3) is 0 Å². The van der Waals surface area contributed by atoms with E-state index in [2.05, 4.69) is 35.6 Å². The van der Waals surface area contributed by atoms with Crippen LogP contribution in [0.15, 0.2) is 30.3 Å². The van der Waals surface area contributed by atoms with Gasteiger partial charge >= 0.3 is 0 Å². The quantitative estimate of drug-likeness (QED) is 0.873. The summed E-state index contributed by atoms with van der Waals surface area (Å²) in [5, 5.41) is 3.80. The molecule has 1 N–H and O–H groups in total. The molecule has 3 nitrogen and oxygen atoms in total. The summed E-state index contributed by atoms with van der Waals surface area (Å²) in [6.45, 7) is 4.68. The Kier molecular flexibility index (Phi) is 5.14. The zero-order chi connectivity index (χ0) is 15.4. The van der Waals surface area contributed by atoms with Gasteiger partial charge in [0.2, 0.25) is 5.91 Å². The summed E-state index contributed by atoms with van der Waals surface area (Å²) < 4.78 is 0. The molecule has 0 spiro atoms. The summed E-state index contributed by atoms with van der Waals surface area (Å²) in [6, 6.07) is 11.4. The Morgan fingerprint density at radius 3 is 2.45 bits per heavy atom. The first-order valence-electron chi connectivity index (χ1n) is 8.78. The molecule has 22 heavy (non-hydrogen) atoms. The maximum atomic E-state index is 11.4. The van der Waals surface area contributed by atoms with Crippen molar-refractivity contribution in [3.05, 3.63) is 35.9 Å². The van der Waals surface area contributed by atoms with Crippen LogP contribution in [0.1, 0.15) is 50.6 Å². The van der Waals surface area contributed by atoms with Gasteiger partial charge in [-0.2, -0.15) is 0 Å². The second-order valence-corrected chi connectivity index (χ2v) is 6.92. The lowest BCUT2D eigenvalue weighted by molar-refractivity contribution is -0.130. The zero-order valence-corrected chi connectivity index (χ0v) is 13.6. The average molecular weight is 300 g/mol. The zero-order valence-electron chi connectivity index (χ0n) is 13.6. The summed E-state index contributed by atoms with van der Waals surface area (Å²) in [5.41, 5.74) is 1.44. The van der Waals surface area contributed by atoms with Crippen LogP contribution in [0, 0.1) is 11.8 Å². The highest BCUT2D eigenvalue weighted by Crippen LogP contribution is 2.41. The highest BCUT2D eigenvalue weighted by molar-refractivity contribution is 5.73. The normalized spacial score (nSPS) is 20.9. The molecule has 1 atom stereocenters. The molecule has 0 unspecified atom stereocenters. The van der Waals surface area contributed by atoms with E-state index >= 15 is 0 Å². The standard InChI is InChI=1S/C19H28N2O/c1-15(22)21-13-10-16(11-14-21)9-12-20-19(18-7-8-18)17-5-3-2-4-6-17/h2-6,16,18-20H,7-14H2,1H3/t19-/m1/s1. The molecular formula is C19H28N2O. The molecule has 1 amide bonds. The molecule has 3 heteroatoms. The largest absolute Gasteiger partial charge is 0.343 e. The average Bonchev–Trinajstić information content (AvgIpc) is 3.37. The van der Waals surface area contributed by atoms with Gasteiger partial charge in [-0.15, -0.1) is 0 Å². The highest BCUT2D eigenvalue weighted by atomic mass is 16.2. The second kappa shape index (κ2) is 7.28. The summed E-state index contributed by atoms with van der Waals surface area (Å²) in [7, 11) is 0. The van der Waals surface area contributed by atoms with Crippen molar-refractivity contribution in [1.82, 2.24) is 10.2 Å². The molecule has 120 valence electrons. The Hall–Kier alpha value is -1.35. The first kappa shape index (κ1) is 15.5. The van der Waals surface area contributed by atoms with Crippen molar-refractivity contribution in [2.45, 2.75) is 45.1 Å². The molecule has 1 aliphatic heterocycles. The van der Waals surface area contributed by atoms with Gasteiger partial charge in [-0.05, 0) is 56.0 Å². The number of benzene rings is 1. The lowest BCUT2D eigenvalue weighted by atomic mass is 9.93. The molecular weight excluding hydrogens is 272 g/mol. The highest BCUT2D eigenvalue weighted by Gasteiger charge is 2.32. The molecule has 0 aromatic heterocycles. The van der Waals surface area contributed by atoms with Crippen molar-refractivity contribution in [3.8, 4) is 0 Å². The van der Waals surface area contributed by atoms with Gasteiger partial charge in [-0.3, -0.25) is 4.79 Å². The van der Waals surface area contributed by atoms with E-state index < -0.39 is 0 Å². The molecule has 3 rings (SSSR count). The van der Waals surface area contributed by atoms with E-state index in [4.69, 9.17) is 0 Å². The van der Waals surface area contributed by atoms with Crippen LogP contribution in [-0.4, -0.2) is 30.4 Å². The smallest absolute Gasteiger partial charge is 0.219 e. The van der Waals surface area contributed by atoms with Crippen molar-refractivity contribution < 1.29 is 4.79 Å². The minimum absolute atomic E-state index is 0.231. The topological polar surface area (TPSA) is 32.3 Å². The predicted molar refractivity (Wildman–Crippen MR) is 89.5 cm³/mol. The van der Waals surface area contributed by atoms with Gasteiger partial charge in [0.15, 0.2) is 0 Å². The lowest BCUT2D eigenvalue weighted by Crippen LogP contribution is -2.37. The first-order valence-corrected chi connectivity index (χ1v) is 8.78. The Balaban J connectivity index is 1.43. The Morgan fingerprint density at radius 1 is 1.18 bits per heavy atom. The van der Waals surface area contributed by atoms with E-state index in [-0.39, 0.29) is 5.91 Å². The summed E-state index contributed by atoms with van der Waals surface area (Å²) in [4.78, 5) is 13.3. The fourth-order valence-electron chi connectivity index (χ4n) is 3.63. The number of carbonyl (C=O) groups excluding carboxylic acids is 1. The fraction of sp³-hybridized carbons (Fsp3) is 0.632. The number of carbonyl (C=O) groups is 1. The Morgan fingerprint density at radius 2 is 1.86 bits per heavy atom. The molecule has 1 heterocycles. The Bertz CT molecular complexity index is 475. The van der Waals surface area contributed by atoms with Gasteiger partial charge in [0.05, 0.1) is 0 Å². The van der Waals surface area contributed by atoms with Crippen LogP contribution < -0.4 is 5.32 Å². The van der Waals surface area contributed by atoms with Crippen molar-refractivity contribution in [2.75, 3.05) is 19.6 Å². The van der Waals surface area contributed by atoms with Gasteiger partial charge in [-0.25, -0.2) is 0 Å². The molecule has 1 saturated carbocycles. The monoisotopic (exact) mass is 300 g/mol. The molecule has 1 aromatic rings. The number of piperidine rings is 1. The molecule has 2 fully saturated rings. The summed E-state index contributed by atoms with van der Waals surface area (Å²) in [6.07, 6.45) is 6.30. The number of rotatable bonds is 6. The van der Waals surface area contributed by atoms with E-state index in [1.165, 1.54) is 37.7 Å². The van der Waals surface area contributed by atoms with Crippen molar-refractivity contribution in [2.24, 2.45) is 11.8 Å². The lowest BCUT2D eigenvalue weighted by Gasteiger charge is -2.31. The number of nitrogens with zero attached hydrogens (tertiary/aromatic N) is 1. The minimum Gasteiger partial charge on any atom is -0.343 e. The Labute approximate surface area is 134 Å². The van der Waals surface area contributed by atoms with Gasteiger partial charge < -0.3 is 10.2 Å². The minimum atomic E-state index is 0.231. The van der Waals surface area contributed by atoms with Crippen LogP contribution in [0.2, 0.25) is 0 Å². The van der Waals surface area contributed by atoms with E-state index in [1.807, 2.05) is 4.90 Å². The first-order chi connectivity index (χ1) is 10.7. The van der Waals surface area contributed by atoms with Crippen molar-refractivity contribution in [3.63, 3.8) is 0 Å². The van der Waals surface area contributed by atoms with Crippen LogP contribution in [0.3, 0.4) is 0 Å². The number of amides is 1. The van der Waals surface area contributed by atoms with Crippen molar-refractivity contribution >= 4 is 5.91 Å². The number of hydrogen-bond acceptors (Lipinski definition) is 2. The van der Waals surface area contributed by atoms with E-state index in [9.17, 15) is 4.79 Å². The van der Waals surface area contributed by atoms with Crippen LogP contribution >= 0.6 is 0 Å². The molecule has 1 saturated heterocycles. The second-order valence-electron chi connectivity index (χ2n) is 6.92. The van der Waals surface area contributed by atoms with E-state index in [0.29, 0.717) is 6.04 Å². The number of hydrogen-bond donors (Lipinski definition) is 1. The molecule has 0 radical (unpaired) electrons. The predicted octanol–water partition coefficient (Wildman–Crippen LogP) is 3.38. The maximum Gasteiger partial charge on any atom is 0.219 e. The van der Waals surface area contributed by atoms with Gasteiger partial charge in [-0.1, -0.05) is 30.3 Å². The van der Waals surface area contributed by atoms with Crippen LogP contribution in [0.25, 0.3) is 0 Å². The summed E-state index contributed by atoms with van der Waals surface area (Å²) in [5.74, 6) is 1.84. The molecule has 1 aliphatic carbocycles. The fourth-order valence-corrected chi connectivity index (χ4v) is 3.63. The maximum absolute atomic E-state index is 11.4. The molecule has 1 aromatic carbocycles. The van der Waals surface area contributed by atoms with Crippen LogP contribution in [0.4, 0.5) is 0 Å². The van der Waals surface area contributed by atoms with Gasteiger partial charge in [0.1, 0.15) is 0 Å². The number of nitrogens with one attached hydrogen (secondary N) is 1. The van der Waals surface area contributed by atoms with Crippen LogP contribution in [-0.2, 0) is 4.79 Å².